The largest absolute Gasteiger partial charge is 0.352 e. The molecule has 2 rings (SSSR count). The van der Waals surface area contributed by atoms with E-state index < -0.39 is 11.3 Å². The molecule has 1 heterocycles. The smallest absolute Gasteiger partial charge is 0.235 e. The molecule has 1 N–H and O–H groups in total. The van der Waals surface area contributed by atoms with E-state index >= 15 is 0 Å². The quantitative estimate of drug-likeness (QED) is 0.278. The molecule has 5 nitrogen and oxygen atoms in total. The first-order valence-corrected chi connectivity index (χ1v) is 10.5. The maximum Gasteiger partial charge on any atom is 0.235 e. The number of fused-ring (bicyclic) bond motifs is 1. The van der Waals surface area contributed by atoms with Gasteiger partial charge in [-0.25, -0.2) is 0 Å². The molecular formula is C24H33NO4. The molecule has 0 aromatic carbocycles. The standard InChI is InChI=1S/C24H33NO4/c1-15(2)12-20-22-18(5)17(4)14-19(13-16(3)8-6-10-26)24(22,23(29)25-20)21(28)9-7-11-27/h7,9-11,13-15,18-20,22H,6,8,12H2,1-5H3,(H,25,29)/b9-7+,16-13+. The number of allylic oxidation sites excluding steroid dienone is 6. The van der Waals surface area contributed by atoms with Gasteiger partial charge in [0.2, 0.25) is 5.91 Å². The van der Waals surface area contributed by atoms with E-state index in [1.165, 1.54) is 12.2 Å². The Bertz CT molecular complexity index is 761. The van der Waals surface area contributed by atoms with E-state index in [-0.39, 0.29) is 29.6 Å². The zero-order valence-electron chi connectivity index (χ0n) is 18.1. The zero-order valence-corrected chi connectivity index (χ0v) is 18.1. The summed E-state index contributed by atoms with van der Waals surface area (Å²) < 4.78 is 0. The van der Waals surface area contributed by atoms with Crippen LogP contribution >= 0.6 is 0 Å². The van der Waals surface area contributed by atoms with E-state index in [1.54, 1.807) is 0 Å². The summed E-state index contributed by atoms with van der Waals surface area (Å²) in [4.78, 5) is 48.5. The van der Waals surface area contributed by atoms with Gasteiger partial charge in [-0.2, -0.15) is 0 Å². The Morgan fingerprint density at radius 3 is 2.59 bits per heavy atom. The monoisotopic (exact) mass is 399 g/mol. The summed E-state index contributed by atoms with van der Waals surface area (Å²) >= 11 is 0. The molecule has 1 aliphatic carbocycles. The molecule has 5 atom stereocenters. The van der Waals surface area contributed by atoms with Crippen LogP contribution in [0.15, 0.2) is 35.5 Å². The van der Waals surface area contributed by atoms with Crippen molar-refractivity contribution in [2.24, 2.45) is 29.1 Å². The zero-order chi connectivity index (χ0) is 21.8. The van der Waals surface area contributed by atoms with Crippen molar-refractivity contribution in [3.8, 4) is 0 Å². The van der Waals surface area contributed by atoms with Crippen LogP contribution in [0.1, 0.15) is 53.9 Å². The number of nitrogens with one attached hydrogen (secondary N) is 1. The van der Waals surface area contributed by atoms with Gasteiger partial charge in [0.1, 0.15) is 18.0 Å². The van der Waals surface area contributed by atoms with Gasteiger partial charge in [0.05, 0.1) is 0 Å². The van der Waals surface area contributed by atoms with Gasteiger partial charge in [0, 0.05) is 24.3 Å². The van der Waals surface area contributed by atoms with E-state index in [2.05, 4.69) is 33.0 Å². The third-order valence-corrected chi connectivity index (χ3v) is 6.46. The van der Waals surface area contributed by atoms with E-state index in [4.69, 9.17) is 0 Å². The SMILES string of the molecule is CC1=CC(/C=C(\C)CCC=O)C2(C(=O)/C=C/C=O)C(=O)NC(CC(C)C)C2C1C. The molecule has 1 fully saturated rings. The predicted octanol–water partition coefficient (Wildman–Crippen LogP) is 3.60. The lowest BCUT2D eigenvalue weighted by molar-refractivity contribution is -0.142. The predicted molar refractivity (Wildman–Crippen MR) is 113 cm³/mol. The van der Waals surface area contributed by atoms with Gasteiger partial charge >= 0.3 is 0 Å². The van der Waals surface area contributed by atoms with Crippen LogP contribution in [0, 0.1) is 29.1 Å². The number of hydrogen-bond acceptors (Lipinski definition) is 4. The maximum atomic E-state index is 13.4. The summed E-state index contributed by atoms with van der Waals surface area (Å²) in [5, 5.41) is 3.12. The molecular weight excluding hydrogens is 366 g/mol. The minimum atomic E-state index is -1.26. The average Bonchev–Trinajstić information content (AvgIpc) is 2.94. The molecule has 5 heteroatoms. The van der Waals surface area contributed by atoms with Crippen molar-refractivity contribution >= 4 is 24.3 Å². The van der Waals surface area contributed by atoms with Gasteiger partial charge in [0.25, 0.3) is 0 Å². The fourth-order valence-electron chi connectivity index (χ4n) is 5.09. The first-order valence-electron chi connectivity index (χ1n) is 10.5. The van der Waals surface area contributed by atoms with Crippen molar-refractivity contribution < 1.29 is 19.2 Å². The molecule has 158 valence electrons. The minimum absolute atomic E-state index is 0.0613. The van der Waals surface area contributed by atoms with Gasteiger partial charge in [0.15, 0.2) is 5.78 Å². The minimum Gasteiger partial charge on any atom is -0.352 e. The molecule has 1 aliphatic heterocycles. The second-order valence-corrected chi connectivity index (χ2v) is 8.91. The molecule has 2 aliphatic rings. The van der Waals surface area contributed by atoms with Crippen molar-refractivity contribution in [1.82, 2.24) is 5.32 Å². The highest BCUT2D eigenvalue weighted by Gasteiger charge is 2.64. The average molecular weight is 400 g/mol. The number of amides is 1. The summed E-state index contributed by atoms with van der Waals surface area (Å²) in [6, 6.07) is -0.0964. The van der Waals surface area contributed by atoms with Crippen LogP contribution in [0.4, 0.5) is 0 Å². The van der Waals surface area contributed by atoms with Gasteiger partial charge < -0.3 is 10.1 Å². The Balaban J connectivity index is 2.66. The molecule has 0 radical (unpaired) electrons. The highest BCUT2D eigenvalue weighted by molar-refractivity contribution is 6.14. The van der Waals surface area contributed by atoms with Crippen LogP contribution in [-0.4, -0.2) is 30.3 Å². The third-order valence-electron chi connectivity index (χ3n) is 6.46. The number of ketones is 1. The summed E-state index contributed by atoms with van der Waals surface area (Å²) in [5.74, 6) is -0.737. The number of aldehydes is 2. The topological polar surface area (TPSA) is 80.3 Å². The number of carbonyl (C=O) groups is 4. The van der Waals surface area contributed by atoms with Crippen molar-refractivity contribution in [3.05, 3.63) is 35.5 Å². The highest BCUT2D eigenvalue weighted by Crippen LogP contribution is 2.55. The van der Waals surface area contributed by atoms with Crippen LogP contribution < -0.4 is 5.32 Å². The Kier molecular flexibility index (Phi) is 7.50. The molecule has 0 saturated carbocycles. The second kappa shape index (κ2) is 9.47. The van der Waals surface area contributed by atoms with Crippen molar-refractivity contribution in [3.63, 3.8) is 0 Å². The Morgan fingerprint density at radius 1 is 1.31 bits per heavy atom. The Morgan fingerprint density at radius 2 is 2.00 bits per heavy atom. The van der Waals surface area contributed by atoms with E-state index in [1.807, 2.05) is 19.1 Å². The lowest BCUT2D eigenvalue weighted by Crippen LogP contribution is -2.51. The number of rotatable bonds is 9. The molecule has 0 aromatic heterocycles. The fraction of sp³-hybridized carbons (Fsp3) is 0.583. The third kappa shape index (κ3) is 4.34. The van der Waals surface area contributed by atoms with Crippen LogP contribution in [0.2, 0.25) is 0 Å². The summed E-state index contributed by atoms with van der Waals surface area (Å²) in [6.45, 7) is 10.3. The van der Waals surface area contributed by atoms with Crippen LogP contribution in [0.5, 0.6) is 0 Å². The lowest BCUT2D eigenvalue weighted by Gasteiger charge is -2.44. The van der Waals surface area contributed by atoms with Gasteiger partial charge in [-0.15, -0.1) is 0 Å². The Labute approximate surface area is 173 Å². The molecule has 0 spiro atoms. The van der Waals surface area contributed by atoms with Gasteiger partial charge in [-0.1, -0.05) is 44.1 Å². The summed E-state index contributed by atoms with van der Waals surface area (Å²) in [7, 11) is 0. The molecule has 0 aromatic rings. The van der Waals surface area contributed by atoms with E-state index in [9.17, 15) is 19.2 Å². The molecule has 1 amide bonds. The molecule has 5 unspecified atom stereocenters. The molecule has 29 heavy (non-hydrogen) atoms. The van der Waals surface area contributed by atoms with Gasteiger partial charge in [-0.3, -0.25) is 14.4 Å². The highest BCUT2D eigenvalue weighted by atomic mass is 16.2. The Hall–Kier alpha value is -2.30. The van der Waals surface area contributed by atoms with Crippen molar-refractivity contribution in [2.45, 2.75) is 59.9 Å². The molecule has 1 saturated heterocycles. The first-order chi connectivity index (χ1) is 13.7. The summed E-state index contributed by atoms with van der Waals surface area (Å²) in [5.41, 5.74) is 0.874. The van der Waals surface area contributed by atoms with Gasteiger partial charge in [-0.05, 0) is 50.7 Å². The van der Waals surface area contributed by atoms with Crippen LogP contribution in [0.25, 0.3) is 0 Å². The molecule has 0 bridgehead atoms. The maximum absolute atomic E-state index is 13.4. The second-order valence-electron chi connectivity index (χ2n) is 8.91. The lowest BCUT2D eigenvalue weighted by atomic mass is 9.55. The summed E-state index contributed by atoms with van der Waals surface area (Å²) in [6.07, 6.45) is 9.65. The number of carbonyl (C=O) groups excluding carboxylic acids is 4. The normalized spacial score (nSPS) is 32.1. The fourth-order valence-corrected chi connectivity index (χ4v) is 5.09. The van der Waals surface area contributed by atoms with Crippen molar-refractivity contribution in [1.29, 1.82) is 0 Å². The van der Waals surface area contributed by atoms with Crippen molar-refractivity contribution in [2.75, 3.05) is 0 Å². The van der Waals surface area contributed by atoms with Crippen LogP contribution in [0.3, 0.4) is 0 Å². The van der Waals surface area contributed by atoms with E-state index in [0.29, 0.717) is 25.0 Å². The first kappa shape index (κ1) is 23.0. The van der Waals surface area contributed by atoms with Crippen LogP contribution in [-0.2, 0) is 19.2 Å². The van der Waals surface area contributed by atoms with E-state index in [0.717, 1.165) is 23.9 Å². The number of hydrogen-bond donors (Lipinski definition) is 1.